The topological polar surface area (TPSA) is 31.0 Å². The van der Waals surface area contributed by atoms with Crippen LogP contribution in [0.3, 0.4) is 0 Å². The lowest BCUT2D eigenvalue weighted by molar-refractivity contribution is 0.572. The molecule has 3 nitrogen and oxygen atoms in total. The highest BCUT2D eigenvalue weighted by atomic mass is 16.3. The highest BCUT2D eigenvalue weighted by molar-refractivity contribution is 5.79. The molecule has 3 heteroatoms. The molecule has 0 N–H and O–H groups in total. The fourth-order valence-electron chi connectivity index (χ4n) is 2.97. The molecule has 0 saturated carbocycles. The summed E-state index contributed by atoms with van der Waals surface area (Å²) in [5.41, 5.74) is 5.98. The molecule has 4 rings (SSSR count). The maximum Gasteiger partial charge on any atom is 0.177 e. The Morgan fingerprint density at radius 3 is 2.70 bits per heavy atom. The van der Waals surface area contributed by atoms with E-state index >= 15 is 0 Å². The van der Waals surface area contributed by atoms with E-state index in [0.717, 1.165) is 29.2 Å². The van der Waals surface area contributed by atoms with Crippen LogP contribution in [0.15, 0.2) is 65.3 Å². The van der Waals surface area contributed by atoms with Crippen LogP contribution in [-0.4, -0.2) is 9.55 Å². The summed E-state index contributed by atoms with van der Waals surface area (Å²) < 4.78 is 7.83. The maximum absolute atomic E-state index is 5.60. The van der Waals surface area contributed by atoms with Gasteiger partial charge in [-0.25, -0.2) is 4.98 Å². The molecule has 4 aromatic rings. The molecule has 23 heavy (non-hydrogen) atoms. The molecule has 0 fully saturated rings. The molecule has 0 aliphatic rings. The Bertz CT molecular complexity index is 965. The van der Waals surface area contributed by atoms with Crippen LogP contribution in [0.4, 0.5) is 0 Å². The lowest BCUT2D eigenvalue weighted by Crippen LogP contribution is -2.04. The second-order valence-electron chi connectivity index (χ2n) is 5.92. The third-order valence-electron chi connectivity index (χ3n) is 4.23. The molecule has 2 heterocycles. The van der Waals surface area contributed by atoms with Crippen molar-refractivity contribution < 1.29 is 4.42 Å². The molecule has 0 saturated heterocycles. The molecule has 0 bridgehead atoms. The van der Waals surface area contributed by atoms with E-state index in [4.69, 9.17) is 9.40 Å². The molecule has 0 spiro atoms. The molecule has 0 atom stereocenters. The number of furan rings is 1. The van der Waals surface area contributed by atoms with Crippen molar-refractivity contribution in [2.45, 2.75) is 20.4 Å². The van der Waals surface area contributed by atoms with Crippen molar-refractivity contribution in [1.29, 1.82) is 0 Å². The summed E-state index contributed by atoms with van der Waals surface area (Å²) in [5.74, 6) is 1.67. The Balaban J connectivity index is 1.91. The number of rotatable bonds is 3. The number of aromatic nitrogens is 2. The monoisotopic (exact) mass is 302 g/mol. The van der Waals surface area contributed by atoms with Crippen molar-refractivity contribution >= 4 is 11.0 Å². The van der Waals surface area contributed by atoms with Crippen LogP contribution in [0.5, 0.6) is 0 Å². The number of hydrogen-bond acceptors (Lipinski definition) is 2. The summed E-state index contributed by atoms with van der Waals surface area (Å²) in [5, 5.41) is 0. The standard InChI is InChI=1S/C20H18N2O/c1-14-9-10-15(2)16(12-14)13-22-18-7-4-3-6-17(18)21-20(22)19-8-5-11-23-19/h3-12H,13H2,1-2H3. The van der Waals surface area contributed by atoms with Crippen LogP contribution in [0.1, 0.15) is 16.7 Å². The van der Waals surface area contributed by atoms with Crippen LogP contribution in [-0.2, 0) is 6.54 Å². The summed E-state index contributed by atoms with van der Waals surface area (Å²) in [6, 6.07) is 18.7. The first kappa shape index (κ1) is 13.8. The molecular weight excluding hydrogens is 284 g/mol. The summed E-state index contributed by atoms with van der Waals surface area (Å²) in [4.78, 5) is 4.77. The SMILES string of the molecule is Cc1ccc(C)c(Cn2c(-c3ccco3)nc3ccccc32)c1. The number of aryl methyl sites for hydroxylation is 2. The predicted octanol–water partition coefficient (Wildman–Crippen LogP) is 4.96. The van der Waals surface area contributed by atoms with E-state index in [2.05, 4.69) is 48.7 Å². The van der Waals surface area contributed by atoms with E-state index in [-0.39, 0.29) is 0 Å². The number of benzene rings is 2. The van der Waals surface area contributed by atoms with Crippen LogP contribution < -0.4 is 0 Å². The number of nitrogens with zero attached hydrogens (tertiary/aromatic N) is 2. The van der Waals surface area contributed by atoms with Crippen LogP contribution in [0.2, 0.25) is 0 Å². The normalized spacial score (nSPS) is 11.2. The van der Waals surface area contributed by atoms with Gasteiger partial charge in [0.05, 0.1) is 23.8 Å². The summed E-state index contributed by atoms with van der Waals surface area (Å²) in [7, 11) is 0. The highest BCUT2D eigenvalue weighted by Gasteiger charge is 2.15. The highest BCUT2D eigenvalue weighted by Crippen LogP contribution is 2.27. The summed E-state index contributed by atoms with van der Waals surface area (Å²) >= 11 is 0. The molecule has 2 aromatic carbocycles. The first-order chi connectivity index (χ1) is 11.2. The van der Waals surface area contributed by atoms with Crippen LogP contribution in [0, 0.1) is 13.8 Å². The fraction of sp³-hybridized carbons (Fsp3) is 0.150. The average molecular weight is 302 g/mol. The van der Waals surface area contributed by atoms with Gasteiger partial charge in [-0.3, -0.25) is 0 Å². The number of imidazole rings is 1. The van der Waals surface area contributed by atoms with Gasteiger partial charge in [0, 0.05) is 0 Å². The zero-order valence-corrected chi connectivity index (χ0v) is 13.3. The number of para-hydroxylation sites is 2. The minimum Gasteiger partial charge on any atom is -0.461 e. The molecule has 0 aliphatic heterocycles. The second-order valence-corrected chi connectivity index (χ2v) is 5.92. The van der Waals surface area contributed by atoms with E-state index in [1.54, 1.807) is 6.26 Å². The van der Waals surface area contributed by atoms with Gasteiger partial charge >= 0.3 is 0 Å². The third kappa shape index (κ3) is 2.44. The molecule has 0 radical (unpaired) electrons. The zero-order valence-electron chi connectivity index (χ0n) is 13.3. The van der Waals surface area contributed by atoms with Gasteiger partial charge in [0.1, 0.15) is 0 Å². The Hall–Kier alpha value is -2.81. The first-order valence-corrected chi connectivity index (χ1v) is 7.77. The van der Waals surface area contributed by atoms with Gasteiger partial charge in [-0.05, 0) is 49.2 Å². The predicted molar refractivity (Wildman–Crippen MR) is 92.5 cm³/mol. The minimum absolute atomic E-state index is 0.782. The van der Waals surface area contributed by atoms with Crippen LogP contribution in [0.25, 0.3) is 22.6 Å². The van der Waals surface area contributed by atoms with Crippen LogP contribution >= 0.6 is 0 Å². The molecule has 114 valence electrons. The van der Waals surface area contributed by atoms with Crippen molar-refractivity contribution in [3.05, 3.63) is 77.6 Å². The Kier molecular flexibility index (Phi) is 3.27. The maximum atomic E-state index is 5.60. The van der Waals surface area contributed by atoms with Gasteiger partial charge in [-0.1, -0.05) is 35.9 Å². The average Bonchev–Trinajstić information content (AvgIpc) is 3.19. The molecule has 0 aliphatic carbocycles. The van der Waals surface area contributed by atoms with Gasteiger partial charge in [-0.2, -0.15) is 0 Å². The molecule has 0 amide bonds. The summed E-state index contributed by atoms with van der Waals surface area (Å²) in [6.07, 6.45) is 1.69. The van der Waals surface area contributed by atoms with Crippen molar-refractivity contribution in [2.24, 2.45) is 0 Å². The van der Waals surface area contributed by atoms with Gasteiger partial charge < -0.3 is 8.98 Å². The molecule has 2 aromatic heterocycles. The van der Waals surface area contributed by atoms with Gasteiger partial charge in [-0.15, -0.1) is 0 Å². The first-order valence-electron chi connectivity index (χ1n) is 7.77. The second kappa shape index (κ2) is 5.43. The van der Waals surface area contributed by atoms with Gasteiger partial charge in [0.25, 0.3) is 0 Å². The lowest BCUT2D eigenvalue weighted by Gasteiger charge is -2.11. The Morgan fingerprint density at radius 1 is 1.00 bits per heavy atom. The minimum atomic E-state index is 0.782. The van der Waals surface area contributed by atoms with E-state index in [0.29, 0.717) is 0 Å². The van der Waals surface area contributed by atoms with Gasteiger partial charge in [0.15, 0.2) is 11.6 Å². The largest absolute Gasteiger partial charge is 0.461 e. The van der Waals surface area contributed by atoms with Crippen molar-refractivity contribution in [3.8, 4) is 11.6 Å². The van der Waals surface area contributed by atoms with Crippen molar-refractivity contribution in [3.63, 3.8) is 0 Å². The molecular formula is C20H18N2O. The van der Waals surface area contributed by atoms with E-state index in [9.17, 15) is 0 Å². The Labute approximate surface area is 135 Å². The molecule has 0 unspecified atom stereocenters. The van der Waals surface area contributed by atoms with Crippen molar-refractivity contribution in [2.75, 3.05) is 0 Å². The lowest BCUT2D eigenvalue weighted by atomic mass is 10.1. The van der Waals surface area contributed by atoms with Crippen molar-refractivity contribution in [1.82, 2.24) is 9.55 Å². The number of fused-ring (bicyclic) bond motifs is 1. The number of hydrogen-bond donors (Lipinski definition) is 0. The zero-order chi connectivity index (χ0) is 15.8. The van der Waals surface area contributed by atoms with Gasteiger partial charge in [0.2, 0.25) is 0 Å². The quantitative estimate of drug-likeness (QED) is 0.535. The summed E-state index contributed by atoms with van der Waals surface area (Å²) in [6.45, 7) is 5.06. The third-order valence-corrected chi connectivity index (χ3v) is 4.23. The fourth-order valence-corrected chi connectivity index (χ4v) is 2.97. The Morgan fingerprint density at radius 2 is 1.87 bits per heavy atom. The van der Waals surface area contributed by atoms with E-state index < -0.39 is 0 Å². The van der Waals surface area contributed by atoms with E-state index in [1.807, 2.05) is 24.3 Å². The smallest absolute Gasteiger partial charge is 0.177 e. The van der Waals surface area contributed by atoms with E-state index in [1.165, 1.54) is 16.7 Å².